The highest BCUT2D eigenvalue weighted by Crippen LogP contribution is 2.26. The Balaban J connectivity index is 1.85. The summed E-state index contributed by atoms with van der Waals surface area (Å²) >= 11 is 15.3. The molecule has 0 saturated carbocycles. The number of aromatic nitrogens is 2. The predicted molar refractivity (Wildman–Crippen MR) is 103 cm³/mol. The smallest absolute Gasteiger partial charge is 0.263 e. The van der Waals surface area contributed by atoms with Crippen LogP contribution in [0.2, 0.25) is 10.0 Å². The highest BCUT2D eigenvalue weighted by molar-refractivity contribution is 9.10. The van der Waals surface area contributed by atoms with Crippen molar-refractivity contribution < 1.29 is 12.8 Å². The third-order valence-corrected chi connectivity index (χ3v) is 5.97. The lowest BCUT2D eigenvalue weighted by atomic mass is 10.2. The summed E-state index contributed by atoms with van der Waals surface area (Å²) in [4.78, 5) is 0.0588. The van der Waals surface area contributed by atoms with Gasteiger partial charge in [-0.15, -0.1) is 0 Å². The van der Waals surface area contributed by atoms with E-state index < -0.39 is 15.8 Å². The number of rotatable bonds is 5. The molecular weight excluding hydrogens is 468 g/mol. The fourth-order valence-corrected chi connectivity index (χ4v) is 3.95. The van der Waals surface area contributed by atoms with E-state index in [0.717, 1.165) is 4.47 Å². The highest BCUT2D eigenvalue weighted by atomic mass is 79.9. The minimum atomic E-state index is -3.86. The maximum atomic E-state index is 13.9. The molecule has 0 aliphatic carbocycles. The van der Waals surface area contributed by atoms with Crippen molar-refractivity contribution in [3.05, 3.63) is 74.6 Å². The second kappa shape index (κ2) is 7.56. The van der Waals surface area contributed by atoms with Gasteiger partial charge in [0.05, 0.1) is 11.4 Å². The van der Waals surface area contributed by atoms with Crippen molar-refractivity contribution >= 4 is 55.0 Å². The molecule has 0 radical (unpaired) electrons. The van der Waals surface area contributed by atoms with E-state index >= 15 is 0 Å². The zero-order valence-corrected chi connectivity index (χ0v) is 16.9. The monoisotopic (exact) mass is 477 g/mol. The van der Waals surface area contributed by atoms with Gasteiger partial charge in [0.15, 0.2) is 5.82 Å². The maximum absolute atomic E-state index is 13.9. The largest absolute Gasteiger partial charge is 0.264 e. The number of nitrogens with zero attached hydrogens (tertiary/aromatic N) is 2. The Kier molecular flexibility index (Phi) is 5.57. The molecule has 0 fully saturated rings. The lowest BCUT2D eigenvalue weighted by Crippen LogP contribution is -2.14. The van der Waals surface area contributed by atoms with Crippen LogP contribution in [0.3, 0.4) is 0 Å². The molecule has 0 saturated heterocycles. The molecule has 26 heavy (non-hydrogen) atoms. The normalized spacial score (nSPS) is 11.5. The van der Waals surface area contributed by atoms with E-state index in [2.05, 4.69) is 25.8 Å². The molecule has 1 N–H and O–H groups in total. The second-order valence-corrected chi connectivity index (χ2v) is 8.70. The van der Waals surface area contributed by atoms with Gasteiger partial charge in [0, 0.05) is 21.3 Å². The Labute approximate surface area is 167 Å². The molecular formula is C16H11BrCl2FN3O2S. The quantitative estimate of drug-likeness (QED) is 0.564. The third kappa shape index (κ3) is 4.20. The van der Waals surface area contributed by atoms with Gasteiger partial charge < -0.3 is 0 Å². The summed E-state index contributed by atoms with van der Waals surface area (Å²) in [6, 6.07) is 10.4. The minimum absolute atomic E-state index is 0.00520. The summed E-state index contributed by atoms with van der Waals surface area (Å²) in [6.45, 7) is 0.00520. The van der Waals surface area contributed by atoms with Crippen LogP contribution in [0.4, 0.5) is 10.2 Å². The Morgan fingerprint density at radius 1 is 1.12 bits per heavy atom. The first-order valence-electron chi connectivity index (χ1n) is 7.20. The van der Waals surface area contributed by atoms with Crippen LogP contribution < -0.4 is 4.72 Å². The average molecular weight is 479 g/mol. The standard InChI is InChI=1S/C16H11BrCl2FN3O2S/c17-10-4-6-11(7-5-10)26(24,25)22-16-14(19)9-23(21-16)8-12-13(18)2-1-3-15(12)20/h1-7,9H,8H2,(H,21,22). The van der Waals surface area contributed by atoms with Gasteiger partial charge in [0.25, 0.3) is 10.0 Å². The molecule has 1 heterocycles. The lowest BCUT2D eigenvalue weighted by molar-refractivity contribution is 0.585. The first kappa shape index (κ1) is 19.2. The van der Waals surface area contributed by atoms with Gasteiger partial charge in [0.2, 0.25) is 0 Å². The number of hydrogen-bond acceptors (Lipinski definition) is 3. The van der Waals surface area contributed by atoms with Crippen LogP contribution in [-0.2, 0) is 16.6 Å². The van der Waals surface area contributed by atoms with E-state index in [9.17, 15) is 12.8 Å². The fraction of sp³-hybridized carbons (Fsp3) is 0.0625. The molecule has 2 aromatic carbocycles. The topological polar surface area (TPSA) is 64.0 Å². The van der Waals surface area contributed by atoms with Crippen LogP contribution in [0.5, 0.6) is 0 Å². The number of anilines is 1. The first-order valence-corrected chi connectivity index (χ1v) is 10.2. The van der Waals surface area contributed by atoms with Crippen LogP contribution in [0, 0.1) is 5.82 Å². The van der Waals surface area contributed by atoms with E-state index in [1.54, 1.807) is 18.2 Å². The molecule has 1 aromatic heterocycles. The summed E-state index contributed by atoms with van der Waals surface area (Å²) in [6.07, 6.45) is 1.39. The number of nitrogens with one attached hydrogen (secondary N) is 1. The van der Waals surface area contributed by atoms with Crippen molar-refractivity contribution in [1.29, 1.82) is 0 Å². The maximum Gasteiger partial charge on any atom is 0.263 e. The van der Waals surface area contributed by atoms with Crippen molar-refractivity contribution in [1.82, 2.24) is 9.78 Å². The lowest BCUT2D eigenvalue weighted by Gasteiger charge is -2.07. The fourth-order valence-electron chi connectivity index (χ4n) is 2.19. The number of sulfonamides is 1. The van der Waals surface area contributed by atoms with Gasteiger partial charge in [-0.2, -0.15) is 5.10 Å². The Bertz CT molecular complexity index is 1040. The summed E-state index contributed by atoms with van der Waals surface area (Å²) < 4.78 is 43.1. The van der Waals surface area contributed by atoms with Crippen molar-refractivity contribution in [3.8, 4) is 0 Å². The van der Waals surface area contributed by atoms with E-state index in [1.165, 1.54) is 35.1 Å². The van der Waals surface area contributed by atoms with E-state index in [0.29, 0.717) is 0 Å². The van der Waals surface area contributed by atoms with Crippen molar-refractivity contribution in [2.75, 3.05) is 4.72 Å². The molecule has 3 rings (SSSR count). The Hall–Kier alpha value is -1.61. The molecule has 10 heteroatoms. The Morgan fingerprint density at radius 2 is 1.81 bits per heavy atom. The molecule has 0 aliphatic heterocycles. The molecule has 0 unspecified atom stereocenters. The molecule has 5 nitrogen and oxygen atoms in total. The van der Waals surface area contributed by atoms with Crippen LogP contribution in [-0.4, -0.2) is 18.2 Å². The van der Waals surface area contributed by atoms with Crippen LogP contribution in [0.15, 0.2) is 58.0 Å². The Morgan fingerprint density at radius 3 is 2.46 bits per heavy atom. The van der Waals surface area contributed by atoms with Crippen molar-refractivity contribution in [2.24, 2.45) is 0 Å². The van der Waals surface area contributed by atoms with Crippen molar-refractivity contribution in [3.63, 3.8) is 0 Å². The third-order valence-electron chi connectivity index (χ3n) is 3.45. The summed E-state index contributed by atoms with van der Waals surface area (Å²) in [5.74, 6) is -0.539. The van der Waals surface area contributed by atoms with Crippen molar-refractivity contribution in [2.45, 2.75) is 11.4 Å². The van der Waals surface area contributed by atoms with Crippen LogP contribution in [0.1, 0.15) is 5.56 Å². The molecule has 0 spiro atoms. The molecule has 0 amide bonds. The van der Waals surface area contributed by atoms with Gasteiger partial charge in [-0.1, -0.05) is 45.2 Å². The number of halogens is 4. The van der Waals surface area contributed by atoms with Gasteiger partial charge in [-0.3, -0.25) is 9.40 Å². The van der Waals surface area contributed by atoms with Gasteiger partial charge in [-0.25, -0.2) is 12.8 Å². The summed E-state index contributed by atoms with van der Waals surface area (Å²) in [7, 11) is -3.86. The summed E-state index contributed by atoms with van der Waals surface area (Å²) in [5, 5.41) is 4.40. The average Bonchev–Trinajstić information content (AvgIpc) is 2.90. The minimum Gasteiger partial charge on any atom is -0.264 e. The number of benzene rings is 2. The summed E-state index contributed by atoms with van der Waals surface area (Å²) in [5.41, 5.74) is 0.232. The molecule has 0 aliphatic rings. The molecule has 3 aromatic rings. The SMILES string of the molecule is O=S(=O)(Nc1nn(Cc2c(F)cccc2Cl)cc1Cl)c1ccc(Br)cc1. The van der Waals surface area contributed by atoms with Gasteiger partial charge in [0.1, 0.15) is 10.8 Å². The predicted octanol–water partition coefficient (Wildman–Crippen LogP) is 4.94. The zero-order valence-electron chi connectivity index (χ0n) is 13.0. The van der Waals surface area contributed by atoms with Crippen LogP contribution in [0.25, 0.3) is 0 Å². The number of hydrogen-bond donors (Lipinski definition) is 1. The zero-order chi connectivity index (χ0) is 18.9. The second-order valence-electron chi connectivity index (χ2n) is 5.28. The van der Waals surface area contributed by atoms with Gasteiger partial charge >= 0.3 is 0 Å². The highest BCUT2D eigenvalue weighted by Gasteiger charge is 2.19. The molecule has 0 bridgehead atoms. The van der Waals surface area contributed by atoms with Crippen LogP contribution >= 0.6 is 39.1 Å². The first-order chi connectivity index (χ1) is 12.3. The van der Waals surface area contributed by atoms with E-state index in [-0.39, 0.29) is 32.9 Å². The molecule has 136 valence electrons. The van der Waals surface area contributed by atoms with E-state index in [4.69, 9.17) is 23.2 Å². The van der Waals surface area contributed by atoms with Gasteiger partial charge in [-0.05, 0) is 36.4 Å². The molecule has 0 atom stereocenters. The van der Waals surface area contributed by atoms with E-state index in [1.807, 2.05) is 0 Å².